The number of carbonyl (C=O) groups excluding carboxylic acids is 1. The van der Waals surface area contributed by atoms with Crippen LogP contribution in [0, 0.1) is 6.92 Å². The average Bonchev–Trinajstić information content (AvgIpc) is 3.15. The summed E-state index contributed by atoms with van der Waals surface area (Å²) >= 11 is 6.92. The number of hydrogen-bond donors (Lipinski definition) is 1. The smallest absolute Gasteiger partial charge is 0.351 e. The Kier molecular flexibility index (Phi) is 4.53. The lowest BCUT2D eigenvalue weighted by Gasteiger charge is -2.04. The van der Waals surface area contributed by atoms with Gasteiger partial charge >= 0.3 is 6.18 Å². The zero-order chi connectivity index (χ0) is 18.2. The van der Waals surface area contributed by atoms with Crippen molar-refractivity contribution in [3.8, 4) is 10.6 Å². The van der Waals surface area contributed by atoms with Crippen LogP contribution in [0.15, 0.2) is 35.1 Å². The Morgan fingerprint density at radius 2 is 2.08 bits per heavy atom. The predicted octanol–water partition coefficient (Wildman–Crippen LogP) is 5.03. The number of pyridine rings is 1. The van der Waals surface area contributed by atoms with Crippen LogP contribution in [0.3, 0.4) is 0 Å². The van der Waals surface area contributed by atoms with Gasteiger partial charge in [-0.1, -0.05) is 16.8 Å². The highest BCUT2D eigenvalue weighted by Gasteiger charge is 2.39. The maximum Gasteiger partial charge on any atom is 0.452 e. The average molecular weight is 388 g/mol. The van der Waals surface area contributed by atoms with Gasteiger partial charge in [-0.15, -0.1) is 11.3 Å². The van der Waals surface area contributed by atoms with E-state index in [-0.39, 0.29) is 16.3 Å². The van der Waals surface area contributed by atoms with Gasteiger partial charge in [-0.25, -0.2) is 0 Å². The third-order valence-corrected chi connectivity index (χ3v) is 4.66. The number of nitrogens with one attached hydrogen (secondary N) is 1. The molecule has 3 aromatic rings. The van der Waals surface area contributed by atoms with Crippen molar-refractivity contribution in [1.29, 1.82) is 0 Å². The molecular weight excluding hydrogens is 379 g/mol. The fraction of sp³-hybridized carbons (Fsp3) is 0.133. The second kappa shape index (κ2) is 6.49. The Morgan fingerprint density at radius 3 is 2.72 bits per heavy atom. The van der Waals surface area contributed by atoms with Gasteiger partial charge in [-0.2, -0.15) is 13.2 Å². The molecule has 0 unspecified atom stereocenters. The van der Waals surface area contributed by atoms with E-state index in [0.29, 0.717) is 15.4 Å². The SMILES string of the molecule is Cc1c(-c2ccc(C(=O)Nc3ccncc3Cl)s2)noc1C(F)(F)F. The summed E-state index contributed by atoms with van der Waals surface area (Å²) in [4.78, 5) is 16.7. The van der Waals surface area contributed by atoms with Crippen LogP contribution >= 0.6 is 22.9 Å². The number of thiophene rings is 1. The van der Waals surface area contributed by atoms with E-state index in [1.54, 1.807) is 0 Å². The molecule has 0 aliphatic rings. The summed E-state index contributed by atoms with van der Waals surface area (Å²) < 4.78 is 42.7. The molecule has 1 N–H and O–H groups in total. The lowest BCUT2D eigenvalue weighted by molar-refractivity contribution is -0.156. The van der Waals surface area contributed by atoms with Crippen molar-refractivity contribution in [1.82, 2.24) is 10.1 Å². The van der Waals surface area contributed by atoms with E-state index < -0.39 is 17.8 Å². The van der Waals surface area contributed by atoms with Crippen molar-refractivity contribution in [2.45, 2.75) is 13.1 Å². The Bertz CT molecular complexity index is 936. The van der Waals surface area contributed by atoms with Crippen molar-refractivity contribution in [3.05, 3.63) is 51.8 Å². The summed E-state index contributed by atoms with van der Waals surface area (Å²) in [5.74, 6) is -1.59. The van der Waals surface area contributed by atoms with Crippen LogP contribution in [-0.2, 0) is 6.18 Å². The highest BCUT2D eigenvalue weighted by atomic mass is 35.5. The molecule has 3 rings (SSSR count). The molecule has 3 aromatic heterocycles. The van der Waals surface area contributed by atoms with Crippen molar-refractivity contribution >= 4 is 34.5 Å². The first-order valence-electron chi connectivity index (χ1n) is 6.82. The molecule has 0 aliphatic carbocycles. The van der Waals surface area contributed by atoms with Gasteiger partial charge in [-0.05, 0) is 25.1 Å². The van der Waals surface area contributed by atoms with E-state index in [1.807, 2.05) is 0 Å². The Morgan fingerprint density at radius 1 is 1.32 bits per heavy atom. The fourth-order valence-corrected chi connectivity index (χ4v) is 3.18. The maximum absolute atomic E-state index is 12.8. The largest absolute Gasteiger partial charge is 0.452 e. The van der Waals surface area contributed by atoms with Crippen LogP contribution < -0.4 is 5.32 Å². The first-order chi connectivity index (χ1) is 11.8. The lowest BCUT2D eigenvalue weighted by atomic mass is 10.2. The molecule has 0 fully saturated rings. The van der Waals surface area contributed by atoms with Gasteiger partial charge in [0.2, 0.25) is 5.76 Å². The monoisotopic (exact) mass is 387 g/mol. The van der Waals surface area contributed by atoms with Crippen LogP contribution in [0.4, 0.5) is 18.9 Å². The molecule has 0 spiro atoms. The Labute approximate surface area is 148 Å². The third-order valence-electron chi connectivity index (χ3n) is 3.27. The summed E-state index contributed by atoms with van der Waals surface area (Å²) in [6.45, 7) is 1.27. The zero-order valence-electron chi connectivity index (χ0n) is 12.5. The maximum atomic E-state index is 12.8. The quantitative estimate of drug-likeness (QED) is 0.684. The number of carbonyl (C=O) groups is 1. The van der Waals surface area contributed by atoms with Gasteiger partial charge in [0.25, 0.3) is 5.91 Å². The van der Waals surface area contributed by atoms with Crippen LogP contribution in [0.25, 0.3) is 10.6 Å². The van der Waals surface area contributed by atoms with Gasteiger partial charge in [0.1, 0.15) is 5.69 Å². The van der Waals surface area contributed by atoms with E-state index in [4.69, 9.17) is 11.6 Å². The van der Waals surface area contributed by atoms with E-state index >= 15 is 0 Å². The molecule has 0 radical (unpaired) electrons. The normalized spacial score (nSPS) is 11.6. The van der Waals surface area contributed by atoms with Crippen LogP contribution in [0.1, 0.15) is 21.0 Å². The standard InChI is InChI=1S/C15H9ClF3N3O2S/c1-7-12(22-24-13(7)15(17,18)19)10-2-3-11(25-10)14(23)21-9-4-5-20-6-8(9)16/h2-6H,1H3,(H,20,21,23). The highest BCUT2D eigenvalue weighted by molar-refractivity contribution is 7.17. The molecule has 0 aromatic carbocycles. The molecule has 0 atom stereocenters. The number of hydrogen-bond acceptors (Lipinski definition) is 5. The first-order valence-corrected chi connectivity index (χ1v) is 8.01. The molecule has 0 bridgehead atoms. The molecule has 130 valence electrons. The van der Waals surface area contributed by atoms with Gasteiger partial charge in [-0.3, -0.25) is 9.78 Å². The van der Waals surface area contributed by atoms with Crippen molar-refractivity contribution in [2.75, 3.05) is 5.32 Å². The third kappa shape index (κ3) is 3.52. The fourth-order valence-electron chi connectivity index (χ4n) is 2.08. The molecule has 1 amide bonds. The molecule has 0 saturated carbocycles. The van der Waals surface area contributed by atoms with E-state index in [9.17, 15) is 18.0 Å². The van der Waals surface area contributed by atoms with Crippen molar-refractivity contribution < 1.29 is 22.5 Å². The summed E-state index contributed by atoms with van der Waals surface area (Å²) in [5.41, 5.74) is 0.311. The minimum absolute atomic E-state index is 0.0540. The first kappa shape index (κ1) is 17.4. The van der Waals surface area contributed by atoms with Gasteiger partial charge in [0.15, 0.2) is 0 Å². The number of aromatic nitrogens is 2. The number of nitrogens with zero attached hydrogens (tertiary/aromatic N) is 2. The minimum atomic E-state index is -4.62. The van der Waals surface area contributed by atoms with Crippen molar-refractivity contribution in [3.63, 3.8) is 0 Å². The predicted molar refractivity (Wildman–Crippen MR) is 86.8 cm³/mol. The van der Waals surface area contributed by atoms with Crippen LogP contribution in [0.2, 0.25) is 5.02 Å². The summed E-state index contributed by atoms with van der Waals surface area (Å²) in [6.07, 6.45) is -1.77. The molecule has 0 aliphatic heterocycles. The summed E-state index contributed by atoms with van der Waals surface area (Å²) in [6, 6.07) is 4.54. The molecule has 10 heteroatoms. The minimum Gasteiger partial charge on any atom is -0.351 e. The lowest BCUT2D eigenvalue weighted by Crippen LogP contribution is -2.10. The molecular formula is C15H9ClF3N3O2S. The van der Waals surface area contributed by atoms with E-state index in [0.717, 1.165) is 11.3 Å². The van der Waals surface area contributed by atoms with Crippen molar-refractivity contribution in [2.24, 2.45) is 0 Å². The summed E-state index contributed by atoms with van der Waals surface area (Å²) in [5, 5.41) is 6.36. The van der Waals surface area contributed by atoms with E-state index in [2.05, 4.69) is 20.0 Å². The van der Waals surface area contributed by atoms with E-state index in [1.165, 1.54) is 37.5 Å². The van der Waals surface area contributed by atoms with Gasteiger partial charge in [0, 0.05) is 18.0 Å². The Balaban J connectivity index is 1.85. The molecule has 5 nitrogen and oxygen atoms in total. The molecule has 3 heterocycles. The molecule has 25 heavy (non-hydrogen) atoms. The van der Waals surface area contributed by atoms with Crippen LogP contribution in [-0.4, -0.2) is 16.0 Å². The number of rotatable bonds is 3. The highest BCUT2D eigenvalue weighted by Crippen LogP contribution is 2.38. The van der Waals surface area contributed by atoms with Gasteiger partial charge in [0.05, 0.1) is 20.5 Å². The second-order valence-corrected chi connectivity index (χ2v) is 6.45. The zero-order valence-corrected chi connectivity index (χ0v) is 14.1. The number of halogens is 4. The number of amides is 1. The second-order valence-electron chi connectivity index (χ2n) is 4.96. The number of alkyl halides is 3. The van der Waals surface area contributed by atoms with Crippen LogP contribution in [0.5, 0.6) is 0 Å². The topological polar surface area (TPSA) is 68.0 Å². The molecule has 0 saturated heterocycles. The van der Waals surface area contributed by atoms with Gasteiger partial charge < -0.3 is 9.84 Å². The Hall–Kier alpha value is -2.39. The summed E-state index contributed by atoms with van der Waals surface area (Å²) in [7, 11) is 0. The number of anilines is 1.